The molecule has 2 unspecified atom stereocenters. The van der Waals surface area contributed by atoms with Crippen molar-refractivity contribution < 1.29 is 24.2 Å². The molecule has 2 aromatic carbocycles. The summed E-state index contributed by atoms with van der Waals surface area (Å²) in [6.07, 6.45) is 2.19. The van der Waals surface area contributed by atoms with Gasteiger partial charge in [-0.2, -0.15) is 0 Å². The minimum atomic E-state index is -1.19. The normalized spacial score (nSPS) is 17.3. The Hall–Kier alpha value is -3.35. The Morgan fingerprint density at radius 2 is 1.66 bits per heavy atom. The number of nitrogens with one attached hydrogen (secondary N) is 1. The van der Waals surface area contributed by atoms with Crippen LogP contribution in [0.1, 0.15) is 63.0 Å². The molecule has 7 nitrogen and oxygen atoms in total. The number of rotatable bonds is 9. The first-order valence-electron chi connectivity index (χ1n) is 12.4. The van der Waals surface area contributed by atoms with Crippen molar-refractivity contribution in [2.75, 3.05) is 13.7 Å². The highest BCUT2D eigenvalue weighted by Gasteiger charge is 2.51. The molecule has 2 aromatic rings. The lowest BCUT2D eigenvalue weighted by Gasteiger charge is -2.46. The molecule has 2 aliphatic carbocycles. The van der Waals surface area contributed by atoms with Crippen LogP contribution in [0.25, 0.3) is 11.1 Å². The number of aliphatic carboxylic acids is 1. The SMILES string of the molecule is CCC(C)CC(NC(=O)OCC1c2ccccc2-c2ccccc21)C(=O)N(C)C1(C(=O)O)CCC1. The third-order valence-electron chi connectivity index (χ3n) is 7.82. The number of hydrogen-bond acceptors (Lipinski definition) is 4. The Bertz CT molecular complexity index is 1060. The number of nitrogens with zero attached hydrogens (tertiary/aromatic N) is 1. The fraction of sp³-hybridized carbons (Fsp3) is 0.464. The first-order valence-corrected chi connectivity index (χ1v) is 12.4. The zero-order valence-corrected chi connectivity index (χ0v) is 20.6. The number of alkyl carbamates (subject to hydrolysis) is 1. The third kappa shape index (κ3) is 4.64. The van der Waals surface area contributed by atoms with E-state index in [0.29, 0.717) is 19.3 Å². The summed E-state index contributed by atoms with van der Waals surface area (Å²) < 4.78 is 5.65. The van der Waals surface area contributed by atoms with Crippen molar-refractivity contribution in [2.24, 2.45) is 5.92 Å². The van der Waals surface area contributed by atoms with Crippen LogP contribution in [-0.4, -0.2) is 53.2 Å². The molecule has 4 rings (SSSR count). The van der Waals surface area contributed by atoms with E-state index in [-0.39, 0.29) is 24.3 Å². The smallest absolute Gasteiger partial charge is 0.407 e. The van der Waals surface area contributed by atoms with Gasteiger partial charge in [0.2, 0.25) is 5.91 Å². The number of hydrogen-bond donors (Lipinski definition) is 2. The summed E-state index contributed by atoms with van der Waals surface area (Å²) in [7, 11) is 1.53. The molecule has 1 fully saturated rings. The average Bonchev–Trinajstić information content (AvgIpc) is 3.14. The van der Waals surface area contributed by atoms with Crippen LogP contribution in [0.3, 0.4) is 0 Å². The Morgan fingerprint density at radius 1 is 1.09 bits per heavy atom. The van der Waals surface area contributed by atoms with Crippen LogP contribution in [-0.2, 0) is 14.3 Å². The largest absolute Gasteiger partial charge is 0.479 e. The van der Waals surface area contributed by atoms with Crippen molar-refractivity contribution in [3.05, 3.63) is 59.7 Å². The van der Waals surface area contributed by atoms with Crippen LogP contribution in [0.5, 0.6) is 0 Å². The van der Waals surface area contributed by atoms with E-state index in [1.807, 2.05) is 38.1 Å². The Morgan fingerprint density at radius 3 is 2.14 bits per heavy atom. The van der Waals surface area contributed by atoms with Gasteiger partial charge in [0.25, 0.3) is 0 Å². The molecule has 1 saturated carbocycles. The Balaban J connectivity index is 1.46. The summed E-state index contributed by atoms with van der Waals surface area (Å²) in [5.74, 6) is -1.29. The molecule has 0 saturated heterocycles. The fourth-order valence-corrected chi connectivity index (χ4v) is 5.22. The number of carbonyl (C=O) groups is 3. The zero-order chi connectivity index (χ0) is 25.2. The summed E-state index contributed by atoms with van der Waals surface area (Å²) in [6, 6.07) is 15.4. The molecule has 7 heteroatoms. The van der Waals surface area contributed by atoms with Crippen molar-refractivity contribution in [2.45, 2.75) is 63.5 Å². The van der Waals surface area contributed by atoms with Crippen molar-refractivity contribution in [3.8, 4) is 11.1 Å². The van der Waals surface area contributed by atoms with E-state index in [1.54, 1.807) is 0 Å². The molecule has 35 heavy (non-hydrogen) atoms. The summed E-state index contributed by atoms with van der Waals surface area (Å²) >= 11 is 0. The highest BCUT2D eigenvalue weighted by molar-refractivity contribution is 5.91. The minimum absolute atomic E-state index is 0.0789. The molecule has 2 atom stereocenters. The van der Waals surface area contributed by atoms with Gasteiger partial charge in [-0.3, -0.25) is 4.79 Å². The molecule has 2 aliphatic rings. The number of benzene rings is 2. The molecule has 0 heterocycles. The van der Waals surface area contributed by atoms with E-state index in [9.17, 15) is 19.5 Å². The van der Waals surface area contributed by atoms with Gasteiger partial charge >= 0.3 is 12.1 Å². The van der Waals surface area contributed by atoms with E-state index in [0.717, 1.165) is 35.1 Å². The number of carboxylic acid groups (broad SMARTS) is 1. The average molecular weight is 479 g/mol. The first-order chi connectivity index (χ1) is 16.8. The van der Waals surface area contributed by atoms with E-state index >= 15 is 0 Å². The third-order valence-corrected chi connectivity index (χ3v) is 7.82. The van der Waals surface area contributed by atoms with Gasteiger partial charge in [0, 0.05) is 13.0 Å². The quantitative estimate of drug-likeness (QED) is 0.540. The van der Waals surface area contributed by atoms with Gasteiger partial charge < -0.3 is 20.1 Å². The monoisotopic (exact) mass is 478 g/mol. The lowest BCUT2D eigenvalue weighted by atomic mass is 9.75. The molecule has 0 aliphatic heterocycles. The highest BCUT2D eigenvalue weighted by Crippen LogP contribution is 2.44. The lowest BCUT2D eigenvalue weighted by molar-refractivity contribution is -0.165. The van der Waals surface area contributed by atoms with Crippen LogP contribution in [0.2, 0.25) is 0 Å². The number of ether oxygens (including phenoxy) is 1. The summed E-state index contributed by atoms with van der Waals surface area (Å²) in [5, 5.41) is 12.5. The maximum Gasteiger partial charge on any atom is 0.407 e. The highest BCUT2D eigenvalue weighted by atomic mass is 16.5. The number of carbonyl (C=O) groups excluding carboxylic acids is 2. The number of amides is 2. The molecule has 0 aromatic heterocycles. The van der Waals surface area contributed by atoms with Gasteiger partial charge in [0.05, 0.1) is 0 Å². The van der Waals surface area contributed by atoms with Gasteiger partial charge in [-0.05, 0) is 53.9 Å². The minimum Gasteiger partial charge on any atom is -0.479 e. The van der Waals surface area contributed by atoms with Crippen molar-refractivity contribution in [3.63, 3.8) is 0 Å². The molecule has 2 amide bonds. The molecule has 0 radical (unpaired) electrons. The predicted octanol–water partition coefficient (Wildman–Crippen LogP) is 4.80. The van der Waals surface area contributed by atoms with Crippen molar-refractivity contribution in [1.29, 1.82) is 0 Å². The van der Waals surface area contributed by atoms with E-state index in [1.165, 1.54) is 11.9 Å². The first kappa shape index (κ1) is 24.8. The number of likely N-dealkylation sites (N-methyl/N-ethyl adjacent to an activating group) is 1. The standard InChI is InChI=1S/C28H34N2O5/c1-4-18(2)16-24(25(31)30(3)28(26(32)33)14-9-15-28)29-27(34)35-17-23-21-12-7-5-10-19(21)20-11-6-8-13-22(20)23/h5-8,10-13,18,23-24H,4,9,14-17H2,1-3H3,(H,29,34)(H,32,33). The lowest BCUT2D eigenvalue weighted by Crippen LogP contribution is -2.63. The Labute approximate surface area is 206 Å². The second-order valence-corrected chi connectivity index (χ2v) is 9.86. The second-order valence-electron chi connectivity index (χ2n) is 9.86. The number of fused-ring (bicyclic) bond motifs is 3. The van der Waals surface area contributed by atoms with Gasteiger partial charge in [-0.15, -0.1) is 0 Å². The molecular weight excluding hydrogens is 444 g/mol. The predicted molar refractivity (Wildman–Crippen MR) is 133 cm³/mol. The van der Waals surface area contributed by atoms with Crippen LogP contribution >= 0.6 is 0 Å². The van der Waals surface area contributed by atoms with Crippen LogP contribution in [0, 0.1) is 5.92 Å². The Kier molecular flexibility index (Phi) is 7.15. The van der Waals surface area contributed by atoms with Crippen molar-refractivity contribution in [1.82, 2.24) is 10.2 Å². The summed E-state index contributed by atoms with van der Waals surface area (Å²) in [6.45, 7) is 4.18. The molecule has 186 valence electrons. The van der Waals surface area contributed by atoms with Gasteiger partial charge in [0.15, 0.2) is 0 Å². The maximum absolute atomic E-state index is 13.4. The van der Waals surface area contributed by atoms with Gasteiger partial charge in [0.1, 0.15) is 18.2 Å². The summed E-state index contributed by atoms with van der Waals surface area (Å²) in [4.78, 5) is 39.5. The van der Waals surface area contributed by atoms with Crippen molar-refractivity contribution >= 4 is 18.0 Å². The van der Waals surface area contributed by atoms with Crippen LogP contribution in [0.4, 0.5) is 4.79 Å². The van der Waals surface area contributed by atoms with E-state index < -0.39 is 23.6 Å². The van der Waals surface area contributed by atoms with E-state index in [4.69, 9.17) is 4.74 Å². The molecule has 0 bridgehead atoms. The van der Waals surface area contributed by atoms with Crippen LogP contribution < -0.4 is 5.32 Å². The fourth-order valence-electron chi connectivity index (χ4n) is 5.22. The molecule has 0 spiro atoms. The zero-order valence-electron chi connectivity index (χ0n) is 20.6. The topological polar surface area (TPSA) is 95.9 Å². The summed E-state index contributed by atoms with van der Waals surface area (Å²) in [5.41, 5.74) is 3.32. The molecular formula is C28H34N2O5. The van der Waals surface area contributed by atoms with E-state index in [2.05, 4.69) is 29.6 Å². The maximum atomic E-state index is 13.4. The second kappa shape index (κ2) is 10.1. The van der Waals surface area contributed by atoms with Gasteiger partial charge in [-0.25, -0.2) is 9.59 Å². The number of carboxylic acids is 1. The molecule has 2 N–H and O–H groups in total. The van der Waals surface area contributed by atoms with Gasteiger partial charge in [-0.1, -0.05) is 68.8 Å². The van der Waals surface area contributed by atoms with Crippen LogP contribution in [0.15, 0.2) is 48.5 Å².